The highest BCUT2D eigenvalue weighted by Crippen LogP contribution is 2.18. The topological polar surface area (TPSA) is 194 Å². The number of para-hydroxylation sites is 5. The number of rotatable bonds is 0. The lowest BCUT2D eigenvalue weighted by Crippen LogP contribution is -1.79. The van der Waals surface area contributed by atoms with Crippen LogP contribution < -0.4 is 0 Å². The summed E-state index contributed by atoms with van der Waals surface area (Å²) in [6.45, 7) is 80.0. The van der Waals surface area contributed by atoms with E-state index in [1.165, 1.54) is 48.5 Å². The van der Waals surface area contributed by atoms with Gasteiger partial charge in [-0.05, 0) is 124 Å². The fourth-order valence-corrected chi connectivity index (χ4v) is 10.0. The second kappa shape index (κ2) is 120. The highest BCUT2D eigenvalue weighted by atomic mass is 32.1. The summed E-state index contributed by atoms with van der Waals surface area (Å²) >= 11 is 1.54. The van der Waals surface area contributed by atoms with E-state index in [1.807, 2.05) is 514 Å². The first kappa shape index (κ1) is 145. The molecule has 0 aliphatic rings. The van der Waals surface area contributed by atoms with Gasteiger partial charge in [0.05, 0.1) is 57.1 Å². The van der Waals surface area contributed by atoms with Gasteiger partial charge in [0, 0.05) is 98.9 Å². The van der Waals surface area contributed by atoms with E-state index in [0.717, 1.165) is 71.1 Å². The molecule has 138 heavy (non-hydrogen) atoms. The minimum atomic E-state index is 0.810. The van der Waals surface area contributed by atoms with Crippen molar-refractivity contribution in [1.29, 1.82) is 0 Å². The molecule has 0 saturated carbocycles. The van der Waals surface area contributed by atoms with Crippen LogP contribution in [0.15, 0.2) is 383 Å². The molecule has 16 heteroatoms. The molecule has 15 nitrogen and oxygen atoms in total. The number of pyridine rings is 4. The van der Waals surface area contributed by atoms with Crippen LogP contribution in [0.25, 0.3) is 108 Å². The molecule has 0 aliphatic heterocycles. The Bertz CT molecular complexity index is 4210. The minimum Gasteiger partial charge on any atom is -0.356 e. The first-order chi connectivity index (χ1) is 68.7. The number of hydrogen-bond acceptors (Lipinski definition) is 16. The van der Waals surface area contributed by atoms with Gasteiger partial charge in [-0.1, -0.05) is 482 Å². The predicted molar refractivity (Wildman–Crippen MR) is 626 cm³/mol. The molecule has 0 N–H and O–H groups in total. The number of hydrogen-bond donors (Lipinski definition) is 0. The van der Waals surface area contributed by atoms with Crippen molar-refractivity contribution >= 4 is 120 Å². The lowest BCUT2D eigenvalue weighted by molar-refractivity contribution is 0.456. The number of nitrogens with zero attached hydrogens (tertiary/aromatic N) is 14. The zero-order chi connectivity index (χ0) is 107. The third-order valence-corrected chi connectivity index (χ3v) is 15.1. The van der Waals surface area contributed by atoms with Gasteiger partial charge in [-0.25, -0.2) is 19.9 Å². The molecule has 10 aromatic heterocycles. The molecule has 10 aromatic carbocycles. The van der Waals surface area contributed by atoms with Crippen molar-refractivity contribution in [2.45, 2.75) is 277 Å². The molecule has 0 amide bonds. The van der Waals surface area contributed by atoms with Crippen LogP contribution in [0.2, 0.25) is 0 Å². The molecular formula is C122H182N14OS. The summed E-state index contributed by atoms with van der Waals surface area (Å²) in [7, 11) is 0. The van der Waals surface area contributed by atoms with E-state index in [2.05, 4.69) is 155 Å². The van der Waals surface area contributed by atoms with Crippen molar-refractivity contribution in [3.63, 3.8) is 0 Å². The van der Waals surface area contributed by atoms with Gasteiger partial charge in [-0.15, -0.1) is 0 Å². The Morgan fingerprint density at radius 1 is 0.181 bits per heavy atom. The van der Waals surface area contributed by atoms with Crippen LogP contribution in [0.5, 0.6) is 0 Å². The molecule has 0 bridgehead atoms. The molecule has 20 rings (SSSR count). The molecule has 0 spiro atoms. The van der Waals surface area contributed by atoms with Gasteiger partial charge < -0.3 is 4.52 Å². The Hall–Kier alpha value is -13.4. The van der Waals surface area contributed by atoms with Crippen molar-refractivity contribution < 1.29 is 4.52 Å². The molecule has 0 saturated heterocycles. The van der Waals surface area contributed by atoms with E-state index < -0.39 is 0 Å². The van der Waals surface area contributed by atoms with E-state index in [4.69, 9.17) is 4.52 Å². The molecule has 10 heterocycles. The lowest BCUT2D eigenvalue weighted by atomic mass is 10.1. The van der Waals surface area contributed by atoms with E-state index in [9.17, 15) is 0 Å². The summed E-state index contributed by atoms with van der Waals surface area (Å²) < 4.78 is 10.2. The predicted octanol–water partition coefficient (Wildman–Crippen LogP) is 40.1. The Balaban J connectivity index is -0.000000158. The van der Waals surface area contributed by atoms with E-state index in [-0.39, 0.29) is 0 Å². The van der Waals surface area contributed by atoms with E-state index >= 15 is 0 Å². The van der Waals surface area contributed by atoms with Crippen LogP contribution >= 0.6 is 11.5 Å². The molecule has 20 aromatic rings. The van der Waals surface area contributed by atoms with Gasteiger partial charge in [0.1, 0.15) is 6.33 Å². The van der Waals surface area contributed by atoms with Crippen LogP contribution in [0.3, 0.4) is 0 Å². The Kier molecular flexibility index (Phi) is 126. The van der Waals surface area contributed by atoms with E-state index in [1.54, 1.807) is 55.9 Å². The van der Waals surface area contributed by atoms with E-state index in [0.29, 0.717) is 0 Å². The van der Waals surface area contributed by atoms with Crippen molar-refractivity contribution in [2.24, 2.45) is 0 Å². The second-order valence-electron chi connectivity index (χ2n) is 20.9. The summed E-state index contributed by atoms with van der Waals surface area (Å²) in [6.07, 6.45) is 24.5. The van der Waals surface area contributed by atoms with Gasteiger partial charge in [0.15, 0.2) is 11.2 Å². The molecular weight excluding hydrogens is 1710 g/mol. The van der Waals surface area contributed by atoms with Crippen LogP contribution in [0.4, 0.5) is 0 Å². The number of aromatic nitrogens is 14. The summed E-state index contributed by atoms with van der Waals surface area (Å²) in [4.78, 5) is 32.5. The van der Waals surface area contributed by atoms with Crippen LogP contribution in [-0.4, -0.2) is 69.8 Å². The lowest BCUT2D eigenvalue weighted by Gasteiger charge is -1.92. The molecule has 0 fully saturated rings. The quantitative estimate of drug-likeness (QED) is 0.139. The molecule has 752 valence electrons. The molecule has 0 atom stereocenters. The van der Waals surface area contributed by atoms with Gasteiger partial charge >= 0.3 is 0 Å². The molecule has 0 radical (unpaired) electrons. The maximum atomic E-state index is 4.87. The smallest absolute Gasteiger partial charge is 0.166 e. The fraction of sp³-hybridized carbons (Fsp3) is 0.328. The minimum absolute atomic E-state index is 0.810. The normalized spacial score (nSPS) is 8.00. The fourth-order valence-electron chi connectivity index (χ4n) is 9.40. The second-order valence-corrected chi connectivity index (χ2v) is 21.7. The summed E-state index contributed by atoms with van der Waals surface area (Å²) in [6, 6.07) is 96.3. The Morgan fingerprint density at radius 2 is 0.478 bits per heavy atom. The molecule has 0 aliphatic carbocycles. The largest absolute Gasteiger partial charge is 0.356 e. The van der Waals surface area contributed by atoms with Crippen molar-refractivity contribution in [3.05, 3.63) is 378 Å². The summed E-state index contributed by atoms with van der Waals surface area (Å²) in [5.74, 6) is 0. The SMILES string of the molecule is CC.CC.CC.CC.CC.CC.CC.CC.CC.CC.CC.CC.CC.CC.CC.CC.CC.CC.CC.CC.c1ccc2ccccc2c1.c1ccc2cnccc2c1.c1ccc2cnncc2c1.c1ccc2ncccc2c1.c1ccc2nccnc2c1.c1ccc2ncncc2c1.c1ccc2nnccc2c1.c1ccc2oncc2c1.c1ccc2sncc2c1.c1cnc2ncccc2c1. The number of benzene rings is 10. The highest BCUT2D eigenvalue weighted by molar-refractivity contribution is 7.13. The maximum absolute atomic E-state index is 4.87. The monoisotopic (exact) mass is 1890 g/mol. The van der Waals surface area contributed by atoms with Crippen molar-refractivity contribution in [2.75, 3.05) is 0 Å². The maximum Gasteiger partial charge on any atom is 0.166 e. The van der Waals surface area contributed by atoms with Gasteiger partial charge in [-0.2, -0.15) is 24.8 Å². The first-order valence-corrected chi connectivity index (χ1v) is 51.8. The summed E-state index contributed by atoms with van der Waals surface area (Å²) in [5.41, 5.74) is 6.56. The zero-order valence-electron chi connectivity index (χ0n) is 92.9. The molecule has 0 unspecified atom stereocenters. The average Bonchev–Trinajstić information content (AvgIpc) is 1.63. The van der Waals surface area contributed by atoms with Gasteiger partial charge in [0.2, 0.25) is 0 Å². The zero-order valence-corrected chi connectivity index (χ0v) is 93.7. The van der Waals surface area contributed by atoms with Gasteiger partial charge in [-0.3, -0.25) is 19.9 Å². The van der Waals surface area contributed by atoms with Gasteiger partial charge in [0.25, 0.3) is 0 Å². The average molecular weight is 1890 g/mol. The summed E-state index contributed by atoms with van der Waals surface area (Å²) in [5, 5.41) is 33.0. The van der Waals surface area contributed by atoms with Crippen LogP contribution in [-0.2, 0) is 0 Å². The van der Waals surface area contributed by atoms with Crippen molar-refractivity contribution in [3.8, 4) is 0 Å². The van der Waals surface area contributed by atoms with Crippen LogP contribution in [0.1, 0.15) is 277 Å². The third-order valence-electron chi connectivity index (χ3n) is 14.3. The third kappa shape index (κ3) is 66.9. The highest BCUT2D eigenvalue weighted by Gasteiger charge is 1.96. The Labute approximate surface area is 843 Å². The first-order valence-electron chi connectivity index (χ1n) is 51.1. The Morgan fingerprint density at radius 3 is 0.870 bits per heavy atom. The van der Waals surface area contributed by atoms with Crippen LogP contribution in [0, 0.1) is 0 Å². The standard InChI is InChI=1S/C10H8.2C9H7N.5C8H6N2.C7H5NO.C7H5NS.20C2H6/c1-2-6-10-8-4-3-7-9(10)5-1;1-2-6-9-8(4-1)5-3-7-10-9;1-2-4-9-7-10-6-5-8(9)3-1;1-3-7-4-2-6-10-8(7)9-5-1;1-2-4-8-7(3-1)5-9-6-10-8;1-2-4-8-6-10-9-5-7(8)3-1;1-2-4-8-7(3-1)9-5-6-10-8;1-2-4-8-7(3-1)5-6-9-10-8;2*1-2-4-7-6(3-1)5-8-9-7;20*1-2/h1-8H;2*1-7H;5*1-6H;2*1-5H;20*1-2H3. The van der Waals surface area contributed by atoms with Crippen molar-refractivity contribution in [1.82, 2.24) is 69.8 Å². The number of fused-ring (bicyclic) bond motifs is 10.